The van der Waals surface area contributed by atoms with E-state index in [-0.39, 0.29) is 0 Å². The third-order valence-corrected chi connectivity index (χ3v) is 1.77. The summed E-state index contributed by atoms with van der Waals surface area (Å²) < 4.78 is 5.21. The third kappa shape index (κ3) is 2.77. The Balaban J connectivity index is 2.56. The van der Waals surface area contributed by atoms with Gasteiger partial charge in [-0.1, -0.05) is 0 Å². The molecule has 0 aliphatic carbocycles. The predicted octanol–water partition coefficient (Wildman–Crippen LogP) is 0.551. The van der Waals surface area contributed by atoms with E-state index in [9.17, 15) is 0 Å². The molecule has 0 aromatic carbocycles. The second-order valence-corrected chi connectivity index (χ2v) is 2.88. The number of rotatable bonds is 3. The zero-order chi connectivity index (χ0) is 10.4. The maximum Gasteiger partial charge on any atom is 0.208 e. The highest BCUT2D eigenvalue weighted by atomic mass is 16.3. The van der Waals surface area contributed by atoms with Crippen LogP contribution in [0.15, 0.2) is 27.8 Å². The van der Waals surface area contributed by atoms with Crippen LogP contribution in [-0.4, -0.2) is 24.5 Å². The summed E-state index contributed by atoms with van der Waals surface area (Å²) in [6.45, 7) is 3.30. The molecule has 0 amide bonds. The fourth-order valence-electron chi connectivity index (χ4n) is 1.14. The molecule has 0 atom stereocenters. The lowest BCUT2D eigenvalue weighted by atomic mass is 10.4. The van der Waals surface area contributed by atoms with Gasteiger partial charge in [0.15, 0.2) is 0 Å². The lowest BCUT2D eigenvalue weighted by molar-refractivity contribution is 0.400. The van der Waals surface area contributed by atoms with Gasteiger partial charge in [-0.25, -0.2) is 5.84 Å². The molecule has 1 aromatic rings. The molecule has 1 aromatic heterocycles. The van der Waals surface area contributed by atoms with E-state index in [4.69, 9.17) is 10.3 Å². The first-order valence-corrected chi connectivity index (χ1v) is 4.52. The number of nitrogens with two attached hydrogens (primary N) is 1. The van der Waals surface area contributed by atoms with E-state index in [0.29, 0.717) is 19.0 Å². The number of hydrogen-bond donors (Lipinski definition) is 2. The van der Waals surface area contributed by atoms with Crippen molar-refractivity contribution in [1.82, 2.24) is 10.3 Å². The highest BCUT2D eigenvalue weighted by Crippen LogP contribution is 2.03. The topological polar surface area (TPSA) is 66.8 Å². The molecule has 14 heavy (non-hydrogen) atoms. The van der Waals surface area contributed by atoms with Crippen molar-refractivity contribution in [3.63, 3.8) is 0 Å². The Hall–Kier alpha value is -1.49. The first-order valence-electron chi connectivity index (χ1n) is 4.52. The zero-order valence-electron chi connectivity index (χ0n) is 8.53. The Kier molecular flexibility index (Phi) is 4.00. The van der Waals surface area contributed by atoms with E-state index in [1.807, 2.05) is 31.0 Å². The Morgan fingerprint density at radius 3 is 3.00 bits per heavy atom. The molecule has 1 heterocycles. The molecular weight excluding hydrogens is 180 g/mol. The quantitative estimate of drug-likeness (QED) is 0.321. The molecule has 78 valence electrons. The van der Waals surface area contributed by atoms with Gasteiger partial charge in [0.1, 0.15) is 5.76 Å². The summed E-state index contributed by atoms with van der Waals surface area (Å²) in [4.78, 5) is 6.08. The SMILES string of the molecule is CCN=C(NN)N(C)Cc1ccco1. The molecule has 0 fully saturated rings. The Bertz CT molecular complexity index is 281. The molecule has 0 saturated carbocycles. The molecule has 5 heteroatoms. The minimum absolute atomic E-state index is 0.649. The zero-order valence-corrected chi connectivity index (χ0v) is 8.53. The molecule has 1 rings (SSSR count). The van der Waals surface area contributed by atoms with Crippen LogP contribution in [0.2, 0.25) is 0 Å². The molecule has 0 unspecified atom stereocenters. The van der Waals surface area contributed by atoms with Crippen molar-refractivity contribution in [2.75, 3.05) is 13.6 Å². The first kappa shape index (κ1) is 10.6. The first-order chi connectivity index (χ1) is 6.77. The summed E-state index contributed by atoms with van der Waals surface area (Å²) in [5.41, 5.74) is 2.55. The van der Waals surface area contributed by atoms with E-state index < -0.39 is 0 Å². The average Bonchev–Trinajstić information content (AvgIpc) is 2.66. The van der Waals surface area contributed by atoms with Gasteiger partial charge in [0, 0.05) is 13.6 Å². The summed E-state index contributed by atoms with van der Waals surface area (Å²) in [5.74, 6) is 6.87. The number of furan rings is 1. The molecule has 0 spiro atoms. The largest absolute Gasteiger partial charge is 0.467 e. The van der Waals surface area contributed by atoms with Crippen LogP contribution in [0.25, 0.3) is 0 Å². The van der Waals surface area contributed by atoms with E-state index >= 15 is 0 Å². The summed E-state index contributed by atoms with van der Waals surface area (Å²) in [5, 5.41) is 0. The summed E-state index contributed by atoms with van der Waals surface area (Å²) in [6, 6.07) is 3.77. The van der Waals surface area contributed by atoms with Gasteiger partial charge in [-0.15, -0.1) is 0 Å². The molecule has 3 N–H and O–H groups in total. The standard InChI is InChI=1S/C9H16N4O/c1-3-11-9(12-10)13(2)7-8-5-4-6-14-8/h4-6H,3,7,10H2,1-2H3,(H,11,12). The van der Waals surface area contributed by atoms with Crippen LogP contribution < -0.4 is 11.3 Å². The summed E-state index contributed by atoms with van der Waals surface area (Å²) in [6.07, 6.45) is 1.65. The Morgan fingerprint density at radius 2 is 2.50 bits per heavy atom. The van der Waals surface area contributed by atoms with Gasteiger partial charge in [0.25, 0.3) is 0 Å². The van der Waals surface area contributed by atoms with Crippen LogP contribution in [0.4, 0.5) is 0 Å². The number of aliphatic imine (C=N–C) groups is 1. The van der Waals surface area contributed by atoms with Crippen molar-refractivity contribution in [3.8, 4) is 0 Å². The van der Waals surface area contributed by atoms with Crippen molar-refractivity contribution in [2.45, 2.75) is 13.5 Å². The molecule has 0 bridgehead atoms. The van der Waals surface area contributed by atoms with E-state index in [1.54, 1.807) is 6.26 Å². The van der Waals surface area contributed by atoms with Crippen molar-refractivity contribution < 1.29 is 4.42 Å². The van der Waals surface area contributed by atoms with Gasteiger partial charge in [0.05, 0.1) is 12.8 Å². The lowest BCUT2D eigenvalue weighted by Crippen LogP contribution is -2.42. The highest BCUT2D eigenvalue weighted by Gasteiger charge is 2.06. The van der Waals surface area contributed by atoms with Gasteiger partial charge >= 0.3 is 0 Å². The fraction of sp³-hybridized carbons (Fsp3) is 0.444. The minimum Gasteiger partial charge on any atom is -0.467 e. The number of nitrogens with one attached hydrogen (secondary N) is 1. The second kappa shape index (κ2) is 5.29. The number of nitrogens with zero attached hydrogens (tertiary/aromatic N) is 2. The summed E-state index contributed by atoms with van der Waals surface area (Å²) in [7, 11) is 1.90. The van der Waals surface area contributed by atoms with Crippen molar-refractivity contribution in [2.24, 2.45) is 10.8 Å². The van der Waals surface area contributed by atoms with Gasteiger partial charge < -0.3 is 9.32 Å². The van der Waals surface area contributed by atoms with Crippen molar-refractivity contribution >= 4 is 5.96 Å². The normalized spacial score (nSPS) is 11.5. The van der Waals surface area contributed by atoms with Crippen LogP contribution in [-0.2, 0) is 6.54 Å². The van der Waals surface area contributed by atoms with Gasteiger partial charge in [0.2, 0.25) is 5.96 Å². The lowest BCUT2D eigenvalue weighted by Gasteiger charge is -2.18. The van der Waals surface area contributed by atoms with Crippen LogP contribution in [0, 0.1) is 0 Å². The minimum atomic E-state index is 0.649. The maximum atomic E-state index is 5.34. The van der Waals surface area contributed by atoms with Crippen molar-refractivity contribution in [1.29, 1.82) is 0 Å². The fourth-order valence-corrected chi connectivity index (χ4v) is 1.14. The van der Waals surface area contributed by atoms with E-state index in [1.165, 1.54) is 0 Å². The van der Waals surface area contributed by atoms with E-state index in [2.05, 4.69) is 10.4 Å². The molecule has 0 radical (unpaired) electrons. The van der Waals surface area contributed by atoms with Crippen LogP contribution in [0.5, 0.6) is 0 Å². The van der Waals surface area contributed by atoms with E-state index in [0.717, 1.165) is 5.76 Å². The molecule has 0 saturated heterocycles. The smallest absolute Gasteiger partial charge is 0.208 e. The second-order valence-electron chi connectivity index (χ2n) is 2.88. The van der Waals surface area contributed by atoms with Crippen LogP contribution in [0.1, 0.15) is 12.7 Å². The third-order valence-electron chi connectivity index (χ3n) is 1.77. The Morgan fingerprint density at radius 1 is 1.71 bits per heavy atom. The number of hydrogen-bond acceptors (Lipinski definition) is 3. The van der Waals surface area contributed by atoms with Crippen molar-refractivity contribution in [3.05, 3.63) is 24.2 Å². The van der Waals surface area contributed by atoms with Crippen LogP contribution in [0.3, 0.4) is 0 Å². The molecule has 0 aliphatic heterocycles. The molecule has 5 nitrogen and oxygen atoms in total. The molecular formula is C9H16N4O. The molecule has 0 aliphatic rings. The van der Waals surface area contributed by atoms with Crippen LogP contribution >= 0.6 is 0 Å². The summed E-state index contributed by atoms with van der Waals surface area (Å²) >= 11 is 0. The van der Waals surface area contributed by atoms with Gasteiger partial charge in [-0.3, -0.25) is 10.4 Å². The van der Waals surface area contributed by atoms with Gasteiger partial charge in [-0.2, -0.15) is 0 Å². The van der Waals surface area contributed by atoms with Gasteiger partial charge in [-0.05, 0) is 19.1 Å². The predicted molar refractivity (Wildman–Crippen MR) is 55.5 cm³/mol. The Labute approximate surface area is 83.6 Å². The monoisotopic (exact) mass is 196 g/mol. The highest BCUT2D eigenvalue weighted by molar-refractivity contribution is 5.78. The number of hydrazine groups is 1. The average molecular weight is 196 g/mol. The maximum absolute atomic E-state index is 5.34. The number of guanidine groups is 1.